The largest absolute Gasteiger partial charge is 0.451 e. The Kier molecular flexibility index (Phi) is 6.36. The molecular formula is C23H17N3O3S2. The summed E-state index contributed by atoms with van der Waals surface area (Å²) in [5.74, 6) is -0.934. The van der Waals surface area contributed by atoms with Gasteiger partial charge in [-0.1, -0.05) is 30.3 Å². The molecular weight excluding hydrogens is 430 g/mol. The lowest BCUT2D eigenvalue weighted by atomic mass is 10.2. The van der Waals surface area contributed by atoms with Crippen molar-refractivity contribution < 1.29 is 14.3 Å². The molecule has 0 fully saturated rings. The smallest absolute Gasteiger partial charge is 0.348 e. The van der Waals surface area contributed by atoms with E-state index in [1.807, 2.05) is 54.6 Å². The zero-order valence-corrected chi connectivity index (χ0v) is 18.0. The maximum Gasteiger partial charge on any atom is 0.348 e. The molecule has 0 bridgehead atoms. The summed E-state index contributed by atoms with van der Waals surface area (Å²) in [6, 6.07) is 22.4. The van der Waals surface area contributed by atoms with Crippen molar-refractivity contribution in [3.8, 4) is 16.0 Å². The topological polar surface area (TPSA) is 83.3 Å². The number of anilines is 1. The van der Waals surface area contributed by atoms with Crippen LogP contribution in [-0.4, -0.2) is 30.0 Å². The molecule has 2 heterocycles. The van der Waals surface area contributed by atoms with Crippen molar-refractivity contribution in [1.29, 1.82) is 5.26 Å². The summed E-state index contributed by atoms with van der Waals surface area (Å²) in [5.41, 5.74) is 1.58. The number of rotatable bonds is 7. The third kappa shape index (κ3) is 4.79. The molecule has 154 valence electrons. The van der Waals surface area contributed by atoms with Gasteiger partial charge in [-0.25, -0.2) is 9.78 Å². The van der Waals surface area contributed by atoms with Gasteiger partial charge in [0.1, 0.15) is 9.88 Å². The molecule has 4 aromatic rings. The molecule has 0 aliphatic rings. The lowest BCUT2D eigenvalue weighted by Gasteiger charge is -2.21. The standard InChI is InChI=1S/C23H17N3O3S2/c24-13-6-14-26(16-7-2-1-3-8-16)21(27)15-29-23(28)20-12-11-19(30-20)22-25-17-9-4-5-10-18(17)31-22/h1-5,7-12H,6,14-15H2. The predicted molar refractivity (Wildman–Crippen MR) is 122 cm³/mol. The van der Waals surface area contributed by atoms with Crippen LogP contribution in [0.3, 0.4) is 0 Å². The minimum Gasteiger partial charge on any atom is -0.451 e. The molecule has 6 nitrogen and oxygen atoms in total. The summed E-state index contributed by atoms with van der Waals surface area (Å²) in [6.45, 7) is -0.162. The highest BCUT2D eigenvalue weighted by atomic mass is 32.1. The van der Waals surface area contributed by atoms with Crippen LogP contribution >= 0.6 is 22.7 Å². The molecule has 1 amide bonds. The van der Waals surface area contributed by atoms with Gasteiger partial charge in [-0.15, -0.1) is 22.7 Å². The van der Waals surface area contributed by atoms with E-state index in [1.54, 1.807) is 29.5 Å². The van der Waals surface area contributed by atoms with Crippen molar-refractivity contribution in [2.75, 3.05) is 18.1 Å². The van der Waals surface area contributed by atoms with Gasteiger partial charge in [-0.2, -0.15) is 5.26 Å². The van der Waals surface area contributed by atoms with Crippen LogP contribution in [0.2, 0.25) is 0 Å². The number of esters is 1. The number of carbonyl (C=O) groups is 2. The van der Waals surface area contributed by atoms with Gasteiger partial charge in [0, 0.05) is 12.2 Å². The number of thiophene rings is 1. The molecule has 0 N–H and O–H groups in total. The van der Waals surface area contributed by atoms with Crippen LogP contribution in [0.25, 0.3) is 20.1 Å². The van der Waals surface area contributed by atoms with Gasteiger partial charge in [0.15, 0.2) is 6.61 Å². The van der Waals surface area contributed by atoms with Crippen molar-refractivity contribution in [2.45, 2.75) is 6.42 Å². The Bertz CT molecular complexity index is 1220. The maximum absolute atomic E-state index is 12.6. The number of amides is 1. The molecule has 8 heteroatoms. The van der Waals surface area contributed by atoms with Gasteiger partial charge in [0.25, 0.3) is 5.91 Å². The Morgan fingerprint density at radius 3 is 2.55 bits per heavy atom. The average Bonchev–Trinajstić information content (AvgIpc) is 3.45. The Morgan fingerprint density at radius 1 is 1.00 bits per heavy atom. The summed E-state index contributed by atoms with van der Waals surface area (Å²) in [5, 5.41) is 9.72. The number of benzene rings is 2. The van der Waals surface area contributed by atoms with Crippen LogP contribution < -0.4 is 4.90 Å². The maximum atomic E-state index is 12.6. The number of para-hydroxylation sites is 2. The molecule has 0 saturated carbocycles. The summed E-state index contributed by atoms with van der Waals surface area (Å²) in [4.78, 5) is 32.5. The van der Waals surface area contributed by atoms with Crippen LogP contribution in [0.15, 0.2) is 66.7 Å². The minimum absolute atomic E-state index is 0.186. The van der Waals surface area contributed by atoms with E-state index >= 15 is 0 Å². The van der Waals surface area contributed by atoms with Crippen molar-refractivity contribution >= 4 is 50.5 Å². The number of thiazole rings is 1. The first-order valence-electron chi connectivity index (χ1n) is 9.51. The molecule has 2 aromatic heterocycles. The highest BCUT2D eigenvalue weighted by Gasteiger charge is 2.19. The van der Waals surface area contributed by atoms with Crippen LogP contribution in [0, 0.1) is 11.3 Å². The van der Waals surface area contributed by atoms with E-state index in [1.165, 1.54) is 16.2 Å². The molecule has 0 spiro atoms. The number of nitrogens with zero attached hydrogens (tertiary/aromatic N) is 3. The predicted octanol–water partition coefficient (Wildman–Crippen LogP) is 5.13. The highest BCUT2D eigenvalue weighted by Crippen LogP contribution is 2.34. The Labute approximate surface area is 187 Å². The van der Waals surface area contributed by atoms with Crippen LogP contribution in [0.5, 0.6) is 0 Å². The van der Waals surface area contributed by atoms with E-state index in [0.717, 1.165) is 20.1 Å². The van der Waals surface area contributed by atoms with Gasteiger partial charge >= 0.3 is 5.97 Å². The molecule has 0 atom stereocenters. The minimum atomic E-state index is -0.556. The third-order valence-electron chi connectivity index (χ3n) is 4.45. The van der Waals surface area contributed by atoms with E-state index in [0.29, 0.717) is 10.6 Å². The Hall–Kier alpha value is -3.54. The number of nitriles is 1. The lowest BCUT2D eigenvalue weighted by molar-refractivity contribution is -0.121. The van der Waals surface area contributed by atoms with Gasteiger partial charge in [0.05, 0.1) is 27.6 Å². The first-order valence-corrected chi connectivity index (χ1v) is 11.1. The fraction of sp³-hybridized carbons (Fsp3) is 0.130. The number of hydrogen-bond donors (Lipinski definition) is 0. The Balaban J connectivity index is 1.42. The van der Waals surface area contributed by atoms with Gasteiger partial charge in [-0.3, -0.25) is 4.79 Å². The summed E-state index contributed by atoms with van der Waals surface area (Å²) < 4.78 is 6.34. The third-order valence-corrected chi connectivity index (χ3v) is 6.73. The number of ether oxygens (including phenoxy) is 1. The molecule has 0 aliphatic carbocycles. The molecule has 0 unspecified atom stereocenters. The lowest BCUT2D eigenvalue weighted by Crippen LogP contribution is -2.35. The normalized spacial score (nSPS) is 10.5. The quantitative estimate of drug-likeness (QED) is 0.367. The second kappa shape index (κ2) is 9.51. The van der Waals surface area contributed by atoms with Gasteiger partial charge in [0.2, 0.25) is 0 Å². The van der Waals surface area contributed by atoms with Crippen molar-refractivity contribution in [3.05, 3.63) is 71.6 Å². The van der Waals surface area contributed by atoms with Gasteiger partial charge in [-0.05, 0) is 36.4 Å². The second-order valence-corrected chi connectivity index (χ2v) is 8.63. The van der Waals surface area contributed by atoms with Crippen molar-refractivity contribution in [2.24, 2.45) is 0 Å². The molecule has 0 aliphatic heterocycles. The summed E-state index contributed by atoms with van der Waals surface area (Å²) in [7, 11) is 0. The van der Waals surface area contributed by atoms with E-state index in [2.05, 4.69) is 4.98 Å². The van der Waals surface area contributed by atoms with E-state index in [-0.39, 0.29) is 18.9 Å². The first-order chi connectivity index (χ1) is 15.2. The number of aromatic nitrogens is 1. The molecule has 2 aromatic carbocycles. The first kappa shape index (κ1) is 20.7. The number of fused-ring (bicyclic) bond motifs is 1. The van der Waals surface area contributed by atoms with E-state index in [9.17, 15) is 9.59 Å². The molecule has 0 radical (unpaired) electrons. The monoisotopic (exact) mass is 447 g/mol. The van der Waals surface area contributed by atoms with Crippen LogP contribution in [0.1, 0.15) is 16.1 Å². The number of carbonyl (C=O) groups excluding carboxylic acids is 2. The highest BCUT2D eigenvalue weighted by molar-refractivity contribution is 7.26. The SMILES string of the molecule is N#CCCN(C(=O)COC(=O)c1ccc(-c2nc3ccccc3s2)s1)c1ccccc1. The van der Waals surface area contributed by atoms with Crippen LogP contribution in [0.4, 0.5) is 5.69 Å². The second-order valence-electron chi connectivity index (χ2n) is 6.52. The van der Waals surface area contributed by atoms with Crippen LogP contribution in [-0.2, 0) is 9.53 Å². The van der Waals surface area contributed by atoms with Crippen molar-refractivity contribution in [3.63, 3.8) is 0 Å². The average molecular weight is 448 g/mol. The molecule has 4 rings (SSSR count). The zero-order chi connectivity index (χ0) is 21.6. The Morgan fingerprint density at radius 2 is 1.77 bits per heavy atom. The molecule has 31 heavy (non-hydrogen) atoms. The summed E-state index contributed by atoms with van der Waals surface area (Å²) >= 11 is 2.85. The fourth-order valence-electron chi connectivity index (χ4n) is 2.98. The zero-order valence-electron chi connectivity index (χ0n) is 16.4. The molecule has 0 saturated heterocycles. The van der Waals surface area contributed by atoms with E-state index < -0.39 is 12.6 Å². The van der Waals surface area contributed by atoms with Gasteiger partial charge < -0.3 is 9.64 Å². The number of hydrogen-bond acceptors (Lipinski definition) is 7. The van der Waals surface area contributed by atoms with Crippen molar-refractivity contribution in [1.82, 2.24) is 4.98 Å². The summed E-state index contributed by atoms with van der Waals surface area (Å²) in [6.07, 6.45) is 0.186. The van der Waals surface area contributed by atoms with E-state index in [4.69, 9.17) is 10.00 Å². The fourth-order valence-corrected chi connectivity index (χ4v) is 4.90.